The molecule has 0 heterocycles. The molecule has 21 heavy (non-hydrogen) atoms. The van der Waals surface area contributed by atoms with Gasteiger partial charge in [-0.3, -0.25) is 0 Å². The van der Waals surface area contributed by atoms with E-state index in [0.717, 1.165) is 6.07 Å². The Balaban J connectivity index is 2.09. The van der Waals surface area contributed by atoms with Gasteiger partial charge >= 0.3 is 0 Å². The van der Waals surface area contributed by atoms with Gasteiger partial charge in [0.2, 0.25) is 0 Å². The lowest BCUT2D eigenvalue weighted by Gasteiger charge is -2.16. The molecule has 0 amide bonds. The zero-order valence-electron chi connectivity index (χ0n) is 11.9. The topological polar surface area (TPSA) is 41.5 Å². The van der Waals surface area contributed by atoms with Crippen molar-refractivity contribution in [3.8, 4) is 11.5 Å². The summed E-state index contributed by atoms with van der Waals surface area (Å²) >= 11 is 0. The van der Waals surface area contributed by atoms with E-state index in [0.29, 0.717) is 23.4 Å². The van der Waals surface area contributed by atoms with Crippen molar-refractivity contribution in [1.29, 1.82) is 0 Å². The van der Waals surface area contributed by atoms with Crippen LogP contribution in [0.3, 0.4) is 0 Å². The fourth-order valence-corrected chi connectivity index (χ4v) is 2.10. The van der Waals surface area contributed by atoms with Crippen LogP contribution in [0.25, 0.3) is 0 Å². The van der Waals surface area contributed by atoms with Gasteiger partial charge in [-0.25, -0.2) is 8.78 Å². The highest BCUT2D eigenvalue weighted by Crippen LogP contribution is 2.29. The third-order valence-electron chi connectivity index (χ3n) is 3.33. The Labute approximate surface area is 122 Å². The van der Waals surface area contributed by atoms with Crippen molar-refractivity contribution in [2.75, 3.05) is 7.11 Å². The van der Waals surface area contributed by atoms with Crippen molar-refractivity contribution < 1.29 is 18.6 Å². The third kappa shape index (κ3) is 3.49. The molecule has 0 aliphatic rings. The summed E-state index contributed by atoms with van der Waals surface area (Å²) in [6.45, 7) is 2.11. The summed E-state index contributed by atoms with van der Waals surface area (Å²) in [5.41, 5.74) is 1.02. The van der Waals surface area contributed by atoms with Gasteiger partial charge in [0.05, 0.1) is 7.11 Å². The molecule has 112 valence electrons. The number of hydrogen-bond donors (Lipinski definition) is 2. The van der Waals surface area contributed by atoms with Crippen molar-refractivity contribution >= 4 is 0 Å². The Morgan fingerprint density at radius 1 is 1.24 bits per heavy atom. The van der Waals surface area contributed by atoms with Crippen molar-refractivity contribution in [1.82, 2.24) is 5.32 Å². The third-order valence-corrected chi connectivity index (χ3v) is 3.33. The summed E-state index contributed by atoms with van der Waals surface area (Å²) in [6.07, 6.45) is 0. The predicted octanol–water partition coefficient (Wildman–Crippen LogP) is 3.53. The SMILES string of the molecule is COc1cccc(CNC(C)c2ccc(F)cc2F)c1O. The van der Waals surface area contributed by atoms with Crippen LogP contribution < -0.4 is 10.1 Å². The first-order valence-corrected chi connectivity index (χ1v) is 6.56. The van der Waals surface area contributed by atoms with Crippen LogP contribution in [0.4, 0.5) is 8.78 Å². The molecule has 1 atom stereocenters. The number of halogens is 2. The maximum absolute atomic E-state index is 13.7. The summed E-state index contributed by atoms with van der Waals surface area (Å²) in [5, 5.41) is 13.1. The monoisotopic (exact) mass is 293 g/mol. The van der Waals surface area contributed by atoms with E-state index in [2.05, 4.69) is 5.32 Å². The molecule has 0 fully saturated rings. The zero-order valence-corrected chi connectivity index (χ0v) is 11.9. The van der Waals surface area contributed by atoms with E-state index >= 15 is 0 Å². The van der Waals surface area contributed by atoms with Gasteiger partial charge < -0.3 is 15.2 Å². The minimum atomic E-state index is -0.603. The van der Waals surface area contributed by atoms with Gasteiger partial charge in [0.1, 0.15) is 11.6 Å². The first-order valence-electron chi connectivity index (χ1n) is 6.56. The van der Waals surface area contributed by atoms with Crippen LogP contribution in [0.1, 0.15) is 24.1 Å². The first-order chi connectivity index (χ1) is 10.0. The summed E-state index contributed by atoms with van der Waals surface area (Å²) in [6, 6.07) is 8.33. The maximum atomic E-state index is 13.7. The van der Waals surface area contributed by atoms with Crippen molar-refractivity contribution in [3.63, 3.8) is 0 Å². The van der Waals surface area contributed by atoms with E-state index in [9.17, 15) is 13.9 Å². The van der Waals surface area contributed by atoms with Gasteiger partial charge in [-0.05, 0) is 19.1 Å². The number of para-hydroxylation sites is 1. The number of phenolic OH excluding ortho intramolecular Hbond substituents is 1. The van der Waals surface area contributed by atoms with E-state index in [1.807, 2.05) is 0 Å². The molecule has 0 saturated carbocycles. The lowest BCUT2D eigenvalue weighted by molar-refractivity contribution is 0.369. The van der Waals surface area contributed by atoms with Gasteiger partial charge in [-0.2, -0.15) is 0 Å². The number of phenols is 1. The lowest BCUT2D eigenvalue weighted by Crippen LogP contribution is -2.19. The molecule has 1 unspecified atom stereocenters. The van der Waals surface area contributed by atoms with Crippen molar-refractivity contribution in [3.05, 3.63) is 59.2 Å². The quantitative estimate of drug-likeness (QED) is 0.886. The normalized spacial score (nSPS) is 12.2. The second-order valence-corrected chi connectivity index (χ2v) is 4.74. The average Bonchev–Trinajstić information content (AvgIpc) is 2.46. The summed E-state index contributed by atoms with van der Waals surface area (Å²) in [4.78, 5) is 0. The van der Waals surface area contributed by atoms with E-state index < -0.39 is 11.6 Å². The number of methoxy groups -OCH3 is 1. The number of hydrogen-bond acceptors (Lipinski definition) is 3. The largest absolute Gasteiger partial charge is 0.504 e. The molecule has 0 spiro atoms. The molecule has 0 aromatic heterocycles. The Morgan fingerprint density at radius 3 is 2.67 bits per heavy atom. The minimum absolute atomic E-state index is 0.0549. The van der Waals surface area contributed by atoms with Crippen molar-refractivity contribution in [2.45, 2.75) is 19.5 Å². The summed E-state index contributed by atoms with van der Waals surface area (Å²) in [7, 11) is 1.47. The van der Waals surface area contributed by atoms with Gasteiger partial charge in [-0.1, -0.05) is 18.2 Å². The summed E-state index contributed by atoms with van der Waals surface area (Å²) < 4.78 is 31.6. The second kappa shape index (κ2) is 6.54. The Bertz CT molecular complexity index is 632. The summed E-state index contributed by atoms with van der Waals surface area (Å²) in [5.74, 6) is -0.757. The molecule has 0 aliphatic carbocycles. The fraction of sp³-hybridized carbons (Fsp3) is 0.250. The molecule has 0 saturated heterocycles. The molecule has 0 radical (unpaired) electrons. The number of aromatic hydroxyl groups is 1. The Kier molecular flexibility index (Phi) is 4.75. The Morgan fingerprint density at radius 2 is 2.00 bits per heavy atom. The van der Waals surface area contributed by atoms with Crippen LogP contribution in [0, 0.1) is 11.6 Å². The van der Waals surface area contributed by atoms with E-state index in [4.69, 9.17) is 4.74 Å². The molecular formula is C16H17F2NO2. The molecule has 0 aliphatic heterocycles. The van der Waals surface area contributed by atoms with Gasteiger partial charge in [0.15, 0.2) is 11.5 Å². The van der Waals surface area contributed by atoms with Crippen molar-refractivity contribution in [2.24, 2.45) is 0 Å². The zero-order chi connectivity index (χ0) is 15.4. The molecule has 0 bridgehead atoms. The van der Waals surface area contributed by atoms with E-state index in [1.165, 1.54) is 19.2 Å². The van der Waals surface area contributed by atoms with E-state index in [1.54, 1.807) is 25.1 Å². The molecule has 3 nitrogen and oxygen atoms in total. The van der Waals surface area contributed by atoms with Crippen LogP contribution in [0.5, 0.6) is 11.5 Å². The maximum Gasteiger partial charge on any atom is 0.162 e. The van der Waals surface area contributed by atoms with Crippen LogP contribution in [-0.2, 0) is 6.54 Å². The molecule has 2 N–H and O–H groups in total. The molecule has 2 aromatic carbocycles. The predicted molar refractivity (Wildman–Crippen MR) is 76.3 cm³/mol. The van der Waals surface area contributed by atoms with Crippen LogP contribution >= 0.6 is 0 Å². The average molecular weight is 293 g/mol. The number of rotatable bonds is 5. The fourth-order valence-electron chi connectivity index (χ4n) is 2.10. The number of benzene rings is 2. The van der Waals surface area contributed by atoms with Gasteiger partial charge in [-0.15, -0.1) is 0 Å². The molecular weight excluding hydrogens is 276 g/mol. The molecule has 5 heteroatoms. The van der Waals surface area contributed by atoms with Crippen LogP contribution in [0.2, 0.25) is 0 Å². The highest BCUT2D eigenvalue weighted by atomic mass is 19.1. The van der Waals surface area contributed by atoms with Gasteiger partial charge in [0, 0.05) is 29.8 Å². The van der Waals surface area contributed by atoms with Gasteiger partial charge in [0.25, 0.3) is 0 Å². The van der Waals surface area contributed by atoms with Crippen LogP contribution in [0.15, 0.2) is 36.4 Å². The molecule has 2 rings (SSSR count). The number of ether oxygens (including phenoxy) is 1. The second-order valence-electron chi connectivity index (χ2n) is 4.74. The standard InChI is InChI=1S/C16H17F2NO2/c1-10(13-7-6-12(17)8-14(13)18)19-9-11-4-3-5-15(21-2)16(11)20/h3-8,10,19-20H,9H2,1-2H3. The highest BCUT2D eigenvalue weighted by molar-refractivity contribution is 5.45. The van der Waals surface area contributed by atoms with Crippen LogP contribution in [-0.4, -0.2) is 12.2 Å². The minimum Gasteiger partial charge on any atom is -0.504 e. The highest BCUT2D eigenvalue weighted by Gasteiger charge is 2.13. The Hall–Kier alpha value is -2.14. The smallest absolute Gasteiger partial charge is 0.162 e. The molecule has 2 aromatic rings. The van der Waals surface area contributed by atoms with E-state index in [-0.39, 0.29) is 11.8 Å². The lowest BCUT2D eigenvalue weighted by atomic mass is 10.1. The first kappa shape index (κ1) is 15.3. The number of nitrogens with one attached hydrogen (secondary N) is 1.